The van der Waals surface area contributed by atoms with Gasteiger partial charge in [0.15, 0.2) is 0 Å². The van der Waals surface area contributed by atoms with E-state index < -0.39 is 0 Å². The zero-order valence-electron chi connectivity index (χ0n) is 9.60. The summed E-state index contributed by atoms with van der Waals surface area (Å²) in [5.74, 6) is 0. The lowest BCUT2D eigenvalue weighted by atomic mass is 10.4. The first-order chi connectivity index (χ1) is 6.35. The van der Waals surface area contributed by atoms with Gasteiger partial charge in [0.2, 0.25) is 0 Å². The molecule has 0 aliphatic carbocycles. The van der Waals surface area contributed by atoms with Crippen molar-refractivity contribution in [2.75, 3.05) is 32.7 Å². The zero-order valence-corrected chi connectivity index (χ0v) is 9.60. The topological polar surface area (TPSA) is 15.3 Å². The smallest absolute Gasteiger partial charge is 0.0107 e. The summed E-state index contributed by atoms with van der Waals surface area (Å²) in [5.41, 5.74) is 0. The van der Waals surface area contributed by atoms with Gasteiger partial charge in [-0.15, -0.1) is 0 Å². The van der Waals surface area contributed by atoms with E-state index in [-0.39, 0.29) is 0 Å². The Morgan fingerprint density at radius 2 is 1.62 bits per heavy atom. The summed E-state index contributed by atoms with van der Waals surface area (Å²) in [6, 6.07) is 0. The second kappa shape index (κ2) is 10.0. The third kappa shape index (κ3) is 8.26. The Labute approximate surface area is 83.7 Å². The molecule has 1 fully saturated rings. The minimum absolute atomic E-state index is 1.10. The molecule has 0 radical (unpaired) electrons. The summed E-state index contributed by atoms with van der Waals surface area (Å²) in [5, 5.41) is 3.33. The van der Waals surface area contributed by atoms with Crippen LogP contribution in [0.4, 0.5) is 0 Å². The molecule has 1 aliphatic heterocycles. The SMILES string of the molecule is CCC.CCNCCN1CCCC1. The molecule has 0 aromatic rings. The van der Waals surface area contributed by atoms with Gasteiger partial charge in [0, 0.05) is 13.1 Å². The van der Waals surface area contributed by atoms with Crippen molar-refractivity contribution in [1.82, 2.24) is 10.2 Å². The molecule has 13 heavy (non-hydrogen) atoms. The second-order valence-electron chi connectivity index (χ2n) is 3.61. The Morgan fingerprint density at radius 1 is 1.08 bits per heavy atom. The molecule has 2 nitrogen and oxygen atoms in total. The van der Waals surface area contributed by atoms with Crippen molar-refractivity contribution in [2.24, 2.45) is 0 Å². The van der Waals surface area contributed by atoms with E-state index >= 15 is 0 Å². The Hall–Kier alpha value is -0.0800. The van der Waals surface area contributed by atoms with E-state index in [1.807, 2.05) is 0 Å². The number of nitrogens with one attached hydrogen (secondary N) is 1. The van der Waals surface area contributed by atoms with Gasteiger partial charge >= 0.3 is 0 Å². The van der Waals surface area contributed by atoms with Crippen molar-refractivity contribution in [1.29, 1.82) is 0 Å². The second-order valence-corrected chi connectivity index (χ2v) is 3.61. The van der Waals surface area contributed by atoms with Crippen molar-refractivity contribution < 1.29 is 0 Å². The first-order valence-electron chi connectivity index (χ1n) is 5.78. The molecule has 0 amide bonds. The molecule has 80 valence electrons. The molecule has 0 unspecified atom stereocenters. The van der Waals surface area contributed by atoms with Crippen LogP contribution in [0.25, 0.3) is 0 Å². The first-order valence-corrected chi connectivity index (χ1v) is 5.78. The minimum Gasteiger partial charge on any atom is -0.316 e. The third-order valence-corrected chi connectivity index (χ3v) is 2.05. The van der Waals surface area contributed by atoms with Crippen molar-refractivity contribution >= 4 is 0 Å². The quantitative estimate of drug-likeness (QED) is 0.677. The van der Waals surface area contributed by atoms with Crippen LogP contribution in [-0.2, 0) is 0 Å². The zero-order chi connectivity index (χ0) is 9.94. The highest BCUT2D eigenvalue weighted by molar-refractivity contribution is 4.66. The summed E-state index contributed by atoms with van der Waals surface area (Å²) < 4.78 is 0. The van der Waals surface area contributed by atoms with Crippen molar-refractivity contribution in [3.63, 3.8) is 0 Å². The molecule has 1 aliphatic rings. The van der Waals surface area contributed by atoms with Crippen LogP contribution in [0.3, 0.4) is 0 Å². The standard InChI is InChI=1S/C8H18N2.C3H8/c1-2-9-5-8-10-6-3-4-7-10;1-3-2/h9H,2-8H2,1H3;3H2,1-2H3. The molecule has 1 N–H and O–H groups in total. The van der Waals surface area contributed by atoms with E-state index in [1.165, 1.54) is 38.9 Å². The maximum Gasteiger partial charge on any atom is 0.0107 e. The van der Waals surface area contributed by atoms with Gasteiger partial charge in [-0.2, -0.15) is 0 Å². The molecule has 1 saturated heterocycles. The predicted molar refractivity (Wildman–Crippen MR) is 60.2 cm³/mol. The van der Waals surface area contributed by atoms with Crippen LogP contribution in [0, 0.1) is 0 Å². The van der Waals surface area contributed by atoms with E-state index in [9.17, 15) is 0 Å². The molecule has 0 bridgehead atoms. The van der Waals surface area contributed by atoms with Gasteiger partial charge in [0.25, 0.3) is 0 Å². The Balaban J connectivity index is 0.000000424. The fourth-order valence-corrected chi connectivity index (χ4v) is 1.42. The van der Waals surface area contributed by atoms with E-state index in [0.29, 0.717) is 0 Å². The summed E-state index contributed by atoms with van der Waals surface area (Å²) in [6.45, 7) is 12.6. The number of rotatable bonds is 4. The number of likely N-dealkylation sites (tertiary alicyclic amines) is 1. The van der Waals surface area contributed by atoms with Gasteiger partial charge in [-0.3, -0.25) is 0 Å². The molecular formula is C11H26N2. The van der Waals surface area contributed by atoms with Crippen LogP contribution in [0.5, 0.6) is 0 Å². The van der Waals surface area contributed by atoms with Gasteiger partial charge in [-0.1, -0.05) is 27.2 Å². The molecule has 1 rings (SSSR count). The lowest BCUT2D eigenvalue weighted by Gasteiger charge is -2.13. The van der Waals surface area contributed by atoms with E-state index in [4.69, 9.17) is 0 Å². The molecule has 1 heterocycles. The Morgan fingerprint density at radius 3 is 2.08 bits per heavy atom. The van der Waals surface area contributed by atoms with Crippen molar-refractivity contribution in [3.05, 3.63) is 0 Å². The van der Waals surface area contributed by atoms with E-state index in [1.54, 1.807) is 0 Å². The number of hydrogen-bond acceptors (Lipinski definition) is 2. The Kier molecular flexibility index (Phi) is 9.94. The predicted octanol–water partition coefficient (Wildman–Crippen LogP) is 2.11. The summed E-state index contributed by atoms with van der Waals surface area (Å²) in [7, 11) is 0. The Bertz CT molecular complexity index is 88.1. The van der Waals surface area contributed by atoms with Crippen LogP contribution in [0.15, 0.2) is 0 Å². The van der Waals surface area contributed by atoms with Gasteiger partial charge in [-0.05, 0) is 32.5 Å². The van der Waals surface area contributed by atoms with Crippen LogP contribution >= 0.6 is 0 Å². The van der Waals surface area contributed by atoms with Gasteiger partial charge in [-0.25, -0.2) is 0 Å². The molecule has 0 aromatic carbocycles. The van der Waals surface area contributed by atoms with Gasteiger partial charge < -0.3 is 10.2 Å². The molecular weight excluding hydrogens is 160 g/mol. The van der Waals surface area contributed by atoms with Crippen molar-refractivity contribution in [3.8, 4) is 0 Å². The maximum atomic E-state index is 3.33. The molecule has 0 saturated carbocycles. The monoisotopic (exact) mass is 186 g/mol. The molecule has 0 atom stereocenters. The van der Waals surface area contributed by atoms with Gasteiger partial charge in [0.05, 0.1) is 0 Å². The highest BCUT2D eigenvalue weighted by Crippen LogP contribution is 2.05. The fourth-order valence-electron chi connectivity index (χ4n) is 1.42. The van der Waals surface area contributed by atoms with E-state index in [2.05, 4.69) is 31.0 Å². The molecule has 0 aromatic heterocycles. The fraction of sp³-hybridized carbons (Fsp3) is 1.00. The lowest BCUT2D eigenvalue weighted by molar-refractivity contribution is 0.337. The summed E-state index contributed by atoms with van der Waals surface area (Å²) in [6.07, 6.45) is 4.07. The number of hydrogen-bond donors (Lipinski definition) is 1. The highest BCUT2D eigenvalue weighted by Gasteiger charge is 2.09. The first kappa shape index (κ1) is 12.9. The maximum absolute atomic E-state index is 3.33. The van der Waals surface area contributed by atoms with Gasteiger partial charge in [0.1, 0.15) is 0 Å². The largest absolute Gasteiger partial charge is 0.316 e. The third-order valence-electron chi connectivity index (χ3n) is 2.05. The summed E-state index contributed by atoms with van der Waals surface area (Å²) in [4.78, 5) is 2.53. The average molecular weight is 186 g/mol. The number of likely N-dealkylation sites (N-methyl/N-ethyl adjacent to an activating group) is 1. The number of nitrogens with zero attached hydrogens (tertiary/aromatic N) is 1. The van der Waals surface area contributed by atoms with Crippen molar-refractivity contribution in [2.45, 2.75) is 40.0 Å². The van der Waals surface area contributed by atoms with Crippen LogP contribution in [0.1, 0.15) is 40.0 Å². The van der Waals surface area contributed by atoms with E-state index in [0.717, 1.165) is 13.1 Å². The average Bonchev–Trinajstić information content (AvgIpc) is 2.59. The lowest BCUT2D eigenvalue weighted by Crippen LogP contribution is -2.29. The van der Waals surface area contributed by atoms with Crippen LogP contribution in [-0.4, -0.2) is 37.6 Å². The van der Waals surface area contributed by atoms with Crippen LogP contribution in [0.2, 0.25) is 0 Å². The van der Waals surface area contributed by atoms with Crippen LogP contribution < -0.4 is 5.32 Å². The summed E-state index contributed by atoms with van der Waals surface area (Å²) >= 11 is 0. The molecule has 0 spiro atoms. The highest BCUT2D eigenvalue weighted by atomic mass is 15.1. The normalized spacial score (nSPS) is 16.8. The molecule has 2 heteroatoms. The minimum atomic E-state index is 1.10.